The Kier molecular flexibility index (Phi) is 14.8. The summed E-state index contributed by atoms with van der Waals surface area (Å²) in [4.78, 5) is 24.0. The van der Waals surface area contributed by atoms with E-state index in [0.29, 0.717) is 30.6 Å². The number of amides is 1. The van der Waals surface area contributed by atoms with Crippen LogP contribution in [0.25, 0.3) is 0 Å². The Morgan fingerprint density at radius 2 is 1.66 bits per heavy atom. The molecular weight excluding hydrogens is 721 g/mol. The Balaban J connectivity index is 0.00000256. The molecule has 2 aliphatic heterocycles. The summed E-state index contributed by atoms with van der Waals surface area (Å²) in [7, 11) is -1.76. The van der Waals surface area contributed by atoms with E-state index in [1.165, 1.54) is 19.7 Å². The summed E-state index contributed by atoms with van der Waals surface area (Å²) in [6.45, 7) is 4.67. The fourth-order valence-corrected chi connectivity index (χ4v) is 6.87. The molecule has 0 radical (unpaired) electrons. The molecule has 5 rings (SSSR count). The molecule has 1 amide bonds. The summed E-state index contributed by atoms with van der Waals surface area (Å²) in [5.41, 5.74) is 1.80. The number of piperazine rings is 1. The first-order chi connectivity index (χ1) is 20.8. The predicted molar refractivity (Wildman–Crippen MR) is 184 cm³/mol. The van der Waals surface area contributed by atoms with Crippen LogP contribution in [0.4, 0.5) is 13.2 Å². The van der Waals surface area contributed by atoms with E-state index in [9.17, 15) is 26.4 Å². The van der Waals surface area contributed by atoms with Crippen LogP contribution in [0.1, 0.15) is 32.7 Å². The third kappa shape index (κ3) is 9.95. The minimum absolute atomic E-state index is 0. The maximum absolute atomic E-state index is 13.9. The maximum Gasteiger partial charge on any atom is 0.416 e. The van der Waals surface area contributed by atoms with Gasteiger partial charge in [0.2, 0.25) is 10.0 Å². The van der Waals surface area contributed by atoms with E-state index in [1.807, 2.05) is 24.4 Å². The largest absolute Gasteiger partial charge is 0.416 e. The molecule has 1 atom stereocenters. The van der Waals surface area contributed by atoms with Crippen molar-refractivity contribution >= 4 is 64.8 Å². The van der Waals surface area contributed by atoms with E-state index in [4.69, 9.17) is 11.6 Å². The molecule has 8 nitrogen and oxygen atoms in total. The van der Waals surface area contributed by atoms with Crippen molar-refractivity contribution in [2.45, 2.75) is 36.5 Å². The molecule has 0 bridgehead atoms. The van der Waals surface area contributed by atoms with Gasteiger partial charge in [-0.05, 0) is 53.9 Å². The van der Waals surface area contributed by atoms with Crippen molar-refractivity contribution in [3.8, 4) is 0 Å². The number of carbonyl (C=O) groups is 1. The molecule has 260 valence electrons. The molecule has 3 heterocycles. The third-order valence-electron chi connectivity index (χ3n) is 8.25. The summed E-state index contributed by atoms with van der Waals surface area (Å²) in [6, 6.07) is 13.3. The van der Waals surface area contributed by atoms with Crippen molar-refractivity contribution in [2.75, 3.05) is 53.4 Å². The van der Waals surface area contributed by atoms with Crippen molar-refractivity contribution in [3.05, 3.63) is 93.8 Å². The molecule has 0 spiro atoms. The lowest BCUT2D eigenvalue weighted by molar-refractivity contribution is -0.137. The Morgan fingerprint density at radius 3 is 2.32 bits per heavy atom. The number of hydrogen-bond donors (Lipinski definition) is 0. The average Bonchev–Trinajstić information content (AvgIpc) is 3.00. The van der Waals surface area contributed by atoms with Crippen LogP contribution in [0, 0.1) is 0 Å². The Morgan fingerprint density at radius 1 is 0.979 bits per heavy atom. The van der Waals surface area contributed by atoms with Gasteiger partial charge < -0.3 is 4.90 Å². The van der Waals surface area contributed by atoms with Crippen LogP contribution in [-0.4, -0.2) is 97.7 Å². The number of pyridine rings is 1. The highest BCUT2D eigenvalue weighted by molar-refractivity contribution is 7.89. The first-order valence-corrected chi connectivity index (χ1v) is 16.2. The summed E-state index contributed by atoms with van der Waals surface area (Å²) in [6.07, 6.45) is -1.67. The van der Waals surface area contributed by atoms with E-state index in [0.717, 1.165) is 60.3 Å². The van der Waals surface area contributed by atoms with E-state index in [-0.39, 0.29) is 55.4 Å². The zero-order valence-electron chi connectivity index (χ0n) is 25.8. The van der Waals surface area contributed by atoms with Gasteiger partial charge in [0.05, 0.1) is 10.5 Å². The molecule has 0 saturated carbocycles. The zero-order chi connectivity index (χ0) is 31.6. The van der Waals surface area contributed by atoms with Crippen LogP contribution in [0.2, 0.25) is 5.02 Å². The number of alkyl halides is 3. The van der Waals surface area contributed by atoms with Crippen LogP contribution < -0.4 is 0 Å². The summed E-state index contributed by atoms with van der Waals surface area (Å²) < 4.78 is 68.0. The summed E-state index contributed by atoms with van der Waals surface area (Å²) >= 11 is 6.08. The van der Waals surface area contributed by atoms with Gasteiger partial charge in [0, 0.05) is 94.8 Å². The summed E-state index contributed by atoms with van der Waals surface area (Å²) in [5, 5.41) is 0.573. The number of halogens is 7. The van der Waals surface area contributed by atoms with Gasteiger partial charge in [0.1, 0.15) is 0 Å². The predicted octanol–water partition coefficient (Wildman–Crippen LogP) is 5.70. The van der Waals surface area contributed by atoms with Gasteiger partial charge in [-0.2, -0.15) is 13.2 Å². The highest BCUT2D eigenvalue weighted by Crippen LogP contribution is 2.33. The normalized spacial score (nSPS) is 17.3. The Labute approximate surface area is 297 Å². The molecule has 16 heteroatoms. The number of fused-ring (bicyclic) bond motifs is 1. The quantitative estimate of drug-likeness (QED) is 0.294. The van der Waals surface area contributed by atoms with Gasteiger partial charge >= 0.3 is 6.18 Å². The fraction of sp³-hybridized carbons (Fsp3) is 0.419. The van der Waals surface area contributed by atoms with Crippen molar-refractivity contribution in [2.24, 2.45) is 0 Å². The first kappa shape index (κ1) is 41.0. The minimum Gasteiger partial charge on any atom is -0.333 e. The number of sulfonamides is 1. The molecule has 3 aromatic rings. The number of hydrogen-bond acceptors (Lipinski definition) is 6. The van der Waals surface area contributed by atoms with Gasteiger partial charge in [-0.1, -0.05) is 29.8 Å². The molecule has 1 saturated heterocycles. The average molecular weight is 760 g/mol. The van der Waals surface area contributed by atoms with Gasteiger partial charge in [0.15, 0.2) is 0 Å². The van der Waals surface area contributed by atoms with Crippen molar-refractivity contribution in [1.29, 1.82) is 0 Å². The van der Waals surface area contributed by atoms with E-state index < -0.39 is 32.6 Å². The van der Waals surface area contributed by atoms with Crippen LogP contribution in [0.15, 0.2) is 65.7 Å². The number of nitrogens with zero attached hydrogens (tertiary/aromatic N) is 5. The summed E-state index contributed by atoms with van der Waals surface area (Å²) in [5.74, 6) is -0.634. The second-order valence-electron chi connectivity index (χ2n) is 11.5. The minimum atomic E-state index is -4.83. The second kappa shape index (κ2) is 17.0. The lowest BCUT2D eigenvalue weighted by atomic mass is 10.00. The SMILES string of the molecule is CN(C)S(=O)(=O)c1cc(C(=O)N2CCN(CCN3CCc4ncccc4C3)C[C@H]2Cc2ccc(Cl)cc2)cc(C(F)(F)F)c1.Cl.Cl.Cl. The van der Waals surface area contributed by atoms with Gasteiger partial charge in [0.25, 0.3) is 5.91 Å². The third-order valence-corrected chi connectivity index (χ3v) is 10.3. The second-order valence-corrected chi connectivity index (χ2v) is 14.0. The highest BCUT2D eigenvalue weighted by atomic mass is 35.5. The van der Waals surface area contributed by atoms with Gasteiger partial charge in [-0.15, -0.1) is 37.2 Å². The van der Waals surface area contributed by atoms with E-state index >= 15 is 0 Å². The molecule has 1 fully saturated rings. The van der Waals surface area contributed by atoms with Crippen LogP contribution in [0.3, 0.4) is 0 Å². The molecule has 0 unspecified atom stereocenters. The molecule has 0 N–H and O–H groups in total. The maximum atomic E-state index is 13.9. The number of aromatic nitrogens is 1. The standard InChI is InChI=1S/C31H35ClF3N5O3S.3ClH/c1-37(2)44(42,43)28-18-24(17-25(19-28)31(33,34)35)30(41)40-15-14-39(21-27(40)16-22-5-7-26(32)8-6-22)13-12-38-11-9-29-23(20-38)4-3-10-36-29;;;/h3-8,10,17-19,27H,9,11-16,20-21H2,1-2H3;3*1H/t27-;;;/m1.../s1. The monoisotopic (exact) mass is 757 g/mol. The zero-order valence-corrected chi connectivity index (χ0v) is 29.8. The van der Waals surface area contributed by atoms with E-state index in [2.05, 4.69) is 20.9 Å². The Hall–Kier alpha value is -2.16. The van der Waals surface area contributed by atoms with Crippen LogP contribution in [-0.2, 0) is 35.6 Å². The molecule has 2 aromatic carbocycles. The molecule has 47 heavy (non-hydrogen) atoms. The molecule has 0 aliphatic carbocycles. The molecular formula is C31H38Cl4F3N5O3S. The number of carbonyl (C=O) groups excluding carboxylic acids is 1. The lowest BCUT2D eigenvalue weighted by Crippen LogP contribution is -2.57. The first-order valence-electron chi connectivity index (χ1n) is 14.4. The van der Waals surface area contributed by atoms with Gasteiger partial charge in [-0.3, -0.25) is 19.6 Å². The van der Waals surface area contributed by atoms with Crippen molar-refractivity contribution < 1.29 is 26.4 Å². The van der Waals surface area contributed by atoms with Crippen LogP contribution in [0.5, 0.6) is 0 Å². The molecule has 1 aromatic heterocycles. The van der Waals surface area contributed by atoms with Crippen LogP contribution >= 0.6 is 48.8 Å². The van der Waals surface area contributed by atoms with E-state index in [1.54, 1.807) is 17.0 Å². The van der Waals surface area contributed by atoms with Crippen molar-refractivity contribution in [3.63, 3.8) is 0 Å². The Bertz CT molecular complexity index is 1610. The lowest BCUT2D eigenvalue weighted by Gasteiger charge is -2.42. The fourth-order valence-electron chi connectivity index (χ4n) is 5.77. The van der Waals surface area contributed by atoms with Gasteiger partial charge in [-0.25, -0.2) is 12.7 Å². The number of rotatable bonds is 8. The topological polar surface area (TPSA) is 77.1 Å². The van der Waals surface area contributed by atoms with Crippen molar-refractivity contribution in [1.82, 2.24) is 24.0 Å². The molecule has 2 aliphatic rings. The number of benzene rings is 2. The smallest absolute Gasteiger partial charge is 0.333 e. The highest BCUT2D eigenvalue weighted by Gasteiger charge is 2.36.